The Bertz CT molecular complexity index is 6860. The minimum Gasteiger partial charge on any atom is -0.397 e. The van der Waals surface area contributed by atoms with Crippen molar-refractivity contribution >= 4 is 178 Å². The molecule has 3 amide bonds. The number of aryl methyl sites for hydroxylation is 3. The monoisotopic (exact) mass is 2080 g/mol. The van der Waals surface area contributed by atoms with Gasteiger partial charge in [0.15, 0.2) is 40.7 Å². The van der Waals surface area contributed by atoms with Crippen molar-refractivity contribution in [2.24, 2.45) is 0 Å². The highest BCUT2D eigenvalue weighted by molar-refractivity contribution is 6.47. The van der Waals surface area contributed by atoms with E-state index in [1.165, 1.54) is 44.1 Å². The van der Waals surface area contributed by atoms with Gasteiger partial charge in [-0.15, -0.1) is 0 Å². The number of nitrogens with zero attached hydrogens (tertiary/aromatic N) is 18. The third-order valence-electron chi connectivity index (χ3n) is 25.0. The molecule has 3 aliphatic rings. The molecule has 6 N–H and O–H groups in total. The normalized spacial score (nSPS) is 16.6. The van der Waals surface area contributed by atoms with Crippen molar-refractivity contribution < 1.29 is 45.1 Å². The number of hydrogen-bond acceptors (Lipinski definition) is 21. The molecule has 3 aromatic carbocycles. The number of amides is 3. The van der Waals surface area contributed by atoms with Crippen LogP contribution in [0.1, 0.15) is 151 Å². The van der Waals surface area contributed by atoms with Crippen LogP contribution in [-0.4, -0.2) is 152 Å². The third kappa shape index (κ3) is 18.3. The molecule has 0 spiro atoms. The second-order valence-electron chi connectivity index (χ2n) is 35.3. The average molecular weight is 2090 g/mol. The maximum Gasteiger partial charge on any atom is 0.276 e. The summed E-state index contributed by atoms with van der Waals surface area (Å²) in [6, 6.07) is 13.7. The second-order valence-corrected chi connectivity index (χ2v) is 38.5. The molecule has 3 saturated heterocycles. The van der Waals surface area contributed by atoms with Gasteiger partial charge in [-0.05, 0) is 151 Å². The molecule has 9 aromatic heterocycles. The Hall–Kier alpha value is -13.1. The van der Waals surface area contributed by atoms with Crippen molar-refractivity contribution in [2.45, 2.75) is 158 Å². The van der Waals surface area contributed by atoms with Crippen LogP contribution in [0.2, 0.25) is 40.2 Å². The molecule has 27 nitrogen and oxygen atoms in total. The highest BCUT2D eigenvalue weighted by Crippen LogP contribution is 2.51. The summed E-state index contributed by atoms with van der Waals surface area (Å²) in [6.07, 6.45) is 8.54. The molecule has 0 aliphatic carbocycles. The number of aromatic nitrogens is 9. The van der Waals surface area contributed by atoms with E-state index in [4.69, 9.17) is 115 Å². The molecule has 15 rings (SSSR count). The largest absolute Gasteiger partial charge is 0.397 e. The van der Waals surface area contributed by atoms with Gasteiger partial charge in [-0.3, -0.25) is 57.4 Å². The number of nitrogen functional groups attached to an aromatic ring is 3. The number of rotatable bonds is 15. The topological polar surface area (TPSA) is 363 Å². The summed E-state index contributed by atoms with van der Waals surface area (Å²) < 4.78 is 106. The minimum atomic E-state index is -1.86. The minimum absolute atomic E-state index is 0.00668. The quantitative estimate of drug-likeness (QED) is 0.0282. The molecule has 732 valence electrons. The summed E-state index contributed by atoms with van der Waals surface area (Å²) in [5.41, 5.74) is 17.1. The number of hydrogen-bond donors (Lipinski definition) is 3. The lowest BCUT2D eigenvalue weighted by atomic mass is 10.0. The van der Waals surface area contributed by atoms with Gasteiger partial charge in [0.25, 0.3) is 16.7 Å². The SMILES string of the molecule is C=CC(=O)N1[C@H](C)CN(c2c(C#N)c(=O)n(-c3c(C)ccnc3C(C)C)c3nc(-c4c(N)c(Cl)c(Cl)c(F)c4Cl)c(Cl)cc23)C[C@@H]1C.C=CC(=O)N1[C@H](C)CN(c2c(C#N)c(=O)n(-c3c(C)ccnc3C(C)C)c3nc(-c4c(N)c(F)c(F)c(F)c4Cl)c(Cl)cc23)C[C@@H]1C.C=CC(=O)N1[C@H](C)CN(c2c(C#N)c(=O)n(-c3c(C)ccnc3C(C)C)c3nc(-c4c(N)c(F)c(F)c(F)c4Cl)c(Cl)cc23)C[C@@H]1C. The van der Waals surface area contributed by atoms with E-state index in [-0.39, 0.29) is 215 Å². The predicted octanol–water partition coefficient (Wildman–Crippen LogP) is 21.0. The number of nitrogens with two attached hydrogens (primary N) is 3. The second kappa shape index (κ2) is 41.2. The number of carbonyl (C=O) groups is 3. The molecular weight excluding hydrogens is 2000 g/mol. The first-order valence-corrected chi connectivity index (χ1v) is 46.9. The number of nitriles is 3. The molecule has 3 aliphatic heterocycles. The number of piperazine rings is 3. The lowest BCUT2D eigenvalue weighted by molar-refractivity contribution is -0.131. The number of benzene rings is 3. The molecule has 12 aromatic rings. The Balaban J connectivity index is 0.000000178. The Morgan fingerprint density at radius 2 is 0.624 bits per heavy atom. The molecule has 0 radical (unpaired) electrons. The van der Waals surface area contributed by atoms with Gasteiger partial charge in [0.1, 0.15) is 51.8 Å². The number of pyridine rings is 9. The fourth-order valence-electron chi connectivity index (χ4n) is 18.9. The third-order valence-corrected chi connectivity index (χ3v) is 27.7. The van der Waals surface area contributed by atoms with E-state index in [9.17, 15) is 70.9 Å². The number of fused-ring (bicyclic) bond motifs is 3. The van der Waals surface area contributed by atoms with Crippen molar-refractivity contribution in [3.05, 3.63) is 255 Å². The summed E-state index contributed by atoms with van der Waals surface area (Å²) in [6.45, 7) is 40.1. The van der Waals surface area contributed by atoms with E-state index in [1.807, 2.05) is 105 Å². The van der Waals surface area contributed by atoms with Gasteiger partial charge in [0.2, 0.25) is 17.7 Å². The van der Waals surface area contributed by atoms with Crippen LogP contribution in [0.5, 0.6) is 0 Å². The zero-order valence-electron chi connectivity index (χ0n) is 78.4. The summed E-state index contributed by atoms with van der Waals surface area (Å²) in [5, 5.41) is 29.1. The first-order chi connectivity index (χ1) is 66.5. The number of halogens is 15. The van der Waals surface area contributed by atoms with Gasteiger partial charge in [0, 0.05) is 127 Å². The van der Waals surface area contributed by atoms with Gasteiger partial charge >= 0.3 is 0 Å². The van der Waals surface area contributed by atoms with E-state index in [0.717, 1.165) is 0 Å². The van der Waals surface area contributed by atoms with Crippen LogP contribution in [0.25, 0.3) is 83.9 Å². The van der Waals surface area contributed by atoms with Crippen LogP contribution in [0.3, 0.4) is 0 Å². The van der Waals surface area contributed by atoms with Crippen LogP contribution in [0.15, 0.2) is 107 Å². The Kier molecular flexibility index (Phi) is 30.8. The number of anilines is 6. The smallest absolute Gasteiger partial charge is 0.276 e. The molecule has 0 bridgehead atoms. The van der Waals surface area contributed by atoms with E-state index >= 15 is 4.39 Å². The van der Waals surface area contributed by atoms with Crippen molar-refractivity contribution in [3.63, 3.8) is 0 Å². The summed E-state index contributed by atoms with van der Waals surface area (Å²) in [4.78, 5) is 120. The van der Waals surface area contributed by atoms with Gasteiger partial charge in [-0.2, -0.15) is 15.8 Å². The Morgan fingerprint density at radius 1 is 0.383 bits per heavy atom. The maximum atomic E-state index is 15.1. The summed E-state index contributed by atoms with van der Waals surface area (Å²) in [5.74, 6) is -12.7. The van der Waals surface area contributed by atoms with Crippen LogP contribution in [0, 0.1) is 95.5 Å². The molecule has 0 saturated carbocycles. The van der Waals surface area contributed by atoms with Crippen LogP contribution >= 0.6 is 92.8 Å². The molecule has 141 heavy (non-hydrogen) atoms. The maximum absolute atomic E-state index is 15.1. The van der Waals surface area contributed by atoms with E-state index in [2.05, 4.69) is 62.9 Å². The van der Waals surface area contributed by atoms with E-state index in [1.54, 1.807) is 71.4 Å². The van der Waals surface area contributed by atoms with Gasteiger partial charge in [-0.1, -0.05) is 154 Å². The molecule has 0 unspecified atom stereocenters. The summed E-state index contributed by atoms with van der Waals surface area (Å²) in [7, 11) is 0. The average Bonchev–Trinajstić information content (AvgIpc) is 0.725. The van der Waals surface area contributed by atoms with Crippen molar-refractivity contribution in [1.82, 2.24) is 58.3 Å². The standard InChI is InChI=1S/C33H30Cl4FN7O2.2C33H30Cl2F3N7O2/c1-7-21(46)44-16(5)12-43(13-17(44)6)31-18-10-20(34)29(22-23(35)26(38)24(36)25(37)27(22)40)42-32(18)45(33(47)19(31)11-39)30-15(4)8-9-41-28(30)14(2)3;2*1-7-21(46)44-16(5)12-43(13-17(44)6)31-18-10-20(34)29(22-23(35)24(36)25(37)26(38)27(22)40)42-32(18)45(33(47)19(31)11-39)30-15(4)8-9-41-28(30)14(2)3/h3*7-10,14,16-17H,1,12-13,40H2,2-6H3/t3*16-,17+. The first kappa shape index (κ1) is 105. The van der Waals surface area contributed by atoms with Crippen LogP contribution in [-0.2, 0) is 14.4 Å². The fourth-order valence-corrected chi connectivity index (χ4v) is 20.9. The zero-order valence-corrected chi connectivity index (χ0v) is 84.4. The van der Waals surface area contributed by atoms with Crippen LogP contribution in [0.4, 0.5) is 64.9 Å². The molecule has 42 heteroatoms. The molecule has 3 fully saturated rings. The predicted molar refractivity (Wildman–Crippen MR) is 540 cm³/mol. The van der Waals surface area contributed by atoms with Gasteiger partial charge in [0.05, 0.1) is 126 Å². The highest BCUT2D eigenvalue weighted by Gasteiger charge is 2.42. The lowest BCUT2D eigenvalue weighted by Crippen LogP contribution is -2.58. The van der Waals surface area contributed by atoms with E-state index < -0.39 is 100.0 Å². The Morgan fingerprint density at radius 3 is 0.858 bits per heavy atom. The van der Waals surface area contributed by atoms with Gasteiger partial charge < -0.3 is 46.6 Å². The fraction of sp³-hybridized carbons (Fsp3) is 0.303. The molecule has 6 atom stereocenters. The van der Waals surface area contributed by atoms with Gasteiger partial charge in [-0.25, -0.2) is 45.7 Å². The van der Waals surface area contributed by atoms with Crippen molar-refractivity contribution in [1.29, 1.82) is 15.8 Å². The Labute approximate surface area is 844 Å². The van der Waals surface area contributed by atoms with E-state index in [0.29, 0.717) is 61.9 Å². The zero-order chi connectivity index (χ0) is 104. The highest BCUT2D eigenvalue weighted by atomic mass is 35.5. The van der Waals surface area contributed by atoms with Crippen molar-refractivity contribution in [3.8, 4) is 69.0 Å². The van der Waals surface area contributed by atoms with Crippen molar-refractivity contribution in [2.75, 3.05) is 71.2 Å². The lowest BCUT2D eigenvalue weighted by Gasteiger charge is -2.45. The summed E-state index contributed by atoms with van der Waals surface area (Å²) >= 11 is 51.5. The number of carbonyl (C=O) groups excluding carboxylic acids is 3. The molecule has 12 heterocycles. The molecular formula is C99H90Cl8F7N21O6. The van der Waals surface area contributed by atoms with Crippen LogP contribution < -0.4 is 48.6 Å². The first-order valence-electron chi connectivity index (χ1n) is 43.9.